The quantitative estimate of drug-likeness (QED) is 0.323. The van der Waals surface area contributed by atoms with Crippen molar-refractivity contribution in [2.45, 2.75) is 11.8 Å². The molecule has 0 aromatic heterocycles. The maximum absolute atomic E-state index is 11.8. The Bertz CT molecular complexity index is 265. The number of alkyl halides is 1. The zero-order chi connectivity index (χ0) is 11.9. The first kappa shape index (κ1) is 14.3. The Kier molecular flexibility index (Phi) is 6.39. The first-order valence-corrected chi connectivity index (χ1v) is 5.08. The van der Waals surface area contributed by atoms with Crippen molar-refractivity contribution >= 4 is 19.0 Å². The van der Waals surface area contributed by atoms with Crippen molar-refractivity contribution in [2.75, 3.05) is 6.01 Å². The topological polar surface area (TPSA) is 0 Å². The van der Waals surface area contributed by atoms with Gasteiger partial charge in [-0.1, -0.05) is 17.7 Å². The molecule has 1 aromatic rings. The second-order valence-electron chi connectivity index (χ2n) is 2.61. The maximum atomic E-state index is 11.8. The van der Waals surface area contributed by atoms with Gasteiger partial charge >= 0.3 is 7.25 Å². The van der Waals surface area contributed by atoms with E-state index in [1.54, 1.807) is 0 Å². The van der Waals surface area contributed by atoms with Gasteiger partial charge in [-0.05, 0) is 19.1 Å². The fraction of sp³-hybridized carbons (Fsp3) is 0.250. The molecule has 0 saturated heterocycles. The number of benzene rings is 1. The highest BCUT2D eigenvalue weighted by Gasteiger charge is 2.20. The van der Waals surface area contributed by atoms with Gasteiger partial charge in [-0.2, -0.15) is 4.39 Å². The fourth-order valence-electron chi connectivity index (χ4n) is 0.719. The van der Waals surface area contributed by atoms with Crippen molar-refractivity contribution in [3.63, 3.8) is 0 Å². The van der Waals surface area contributed by atoms with E-state index in [2.05, 4.69) is 0 Å². The summed E-state index contributed by atoms with van der Waals surface area (Å²) >= 11 is 0.767. The molecule has 0 aliphatic carbocycles. The molecular weight excluding hydrogens is 234 g/mol. The highest BCUT2D eigenvalue weighted by atomic mass is 32.2. The molecule has 0 N–H and O–H groups in total. The van der Waals surface area contributed by atoms with Gasteiger partial charge < -0.3 is 17.3 Å². The molecule has 0 fully saturated rings. The SMILES string of the molecule is Cc1ccc([SH+]CF)cc1.F[B-](F)(F)F. The molecule has 1 rings (SSSR count). The minimum Gasteiger partial charge on any atom is -0.418 e. The van der Waals surface area contributed by atoms with Crippen LogP contribution >= 0.6 is 0 Å². The van der Waals surface area contributed by atoms with Crippen molar-refractivity contribution in [1.82, 2.24) is 0 Å². The standard InChI is InChI=1S/C8H9FS.BF4/c1-7-2-4-8(5-3-7)10-6-9;2-1(3,4)5/h2-5H,6H2,1H3;/q;-1/p+1. The molecule has 0 radical (unpaired) electrons. The Morgan fingerprint density at radius 1 is 1.07 bits per heavy atom. The summed E-state index contributed by atoms with van der Waals surface area (Å²) < 4.78 is 50.8. The van der Waals surface area contributed by atoms with E-state index >= 15 is 0 Å². The van der Waals surface area contributed by atoms with E-state index in [-0.39, 0.29) is 6.01 Å². The van der Waals surface area contributed by atoms with Gasteiger partial charge in [0.1, 0.15) is 0 Å². The number of thiol groups is 1. The average Bonchev–Trinajstić information content (AvgIpc) is 2.06. The molecule has 0 nitrogen and oxygen atoms in total. The van der Waals surface area contributed by atoms with E-state index in [1.165, 1.54) is 5.56 Å². The minimum absolute atomic E-state index is 0.289. The predicted octanol–water partition coefficient (Wildman–Crippen LogP) is 3.40. The van der Waals surface area contributed by atoms with Crippen LogP contribution in [0.2, 0.25) is 0 Å². The van der Waals surface area contributed by atoms with Crippen LogP contribution in [-0.2, 0) is 11.8 Å². The Morgan fingerprint density at radius 2 is 1.47 bits per heavy atom. The molecule has 0 bridgehead atoms. The molecule has 0 aliphatic rings. The third-order valence-electron chi connectivity index (χ3n) is 1.28. The van der Waals surface area contributed by atoms with Crippen LogP contribution in [-0.4, -0.2) is 13.3 Å². The molecule has 0 saturated carbocycles. The zero-order valence-corrected chi connectivity index (χ0v) is 8.83. The van der Waals surface area contributed by atoms with Gasteiger partial charge in [-0.3, -0.25) is 0 Å². The van der Waals surface area contributed by atoms with Crippen molar-refractivity contribution in [3.05, 3.63) is 29.8 Å². The highest BCUT2D eigenvalue weighted by Crippen LogP contribution is 2.06. The van der Waals surface area contributed by atoms with Crippen LogP contribution in [0.1, 0.15) is 5.56 Å². The summed E-state index contributed by atoms with van der Waals surface area (Å²) in [5.74, 6) is 0. The van der Waals surface area contributed by atoms with Gasteiger partial charge in [0, 0.05) is 11.8 Å². The average molecular weight is 244 g/mol. The van der Waals surface area contributed by atoms with Crippen LogP contribution < -0.4 is 0 Å². The lowest BCUT2D eigenvalue weighted by Crippen LogP contribution is -2.02. The van der Waals surface area contributed by atoms with Gasteiger partial charge in [0.2, 0.25) is 6.01 Å². The van der Waals surface area contributed by atoms with Crippen LogP contribution in [0.25, 0.3) is 0 Å². The molecular formula is C8H10BF5S. The van der Waals surface area contributed by atoms with Crippen LogP contribution in [0.3, 0.4) is 0 Å². The Morgan fingerprint density at radius 3 is 1.80 bits per heavy atom. The fourth-order valence-corrected chi connectivity index (χ4v) is 1.22. The molecule has 0 spiro atoms. The molecule has 86 valence electrons. The van der Waals surface area contributed by atoms with E-state index in [0.29, 0.717) is 0 Å². The molecule has 1 aromatic carbocycles. The lowest BCUT2D eigenvalue weighted by atomic mass is 10.2. The summed E-state index contributed by atoms with van der Waals surface area (Å²) in [5.41, 5.74) is 1.22. The van der Waals surface area contributed by atoms with Crippen molar-refractivity contribution in [1.29, 1.82) is 0 Å². The van der Waals surface area contributed by atoms with Crippen molar-refractivity contribution in [3.8, 4) is 0 Å². The molecule has 0 heterocycles. The normalized spacial score (nSPS) is 10.5. The molecule has 15 heavy (non-hydrogen) atoms. The molecule has 7 heteroatoms. The van der Waals surface area contributed by atoms with E-state index in [4.69, 9.17) is 0 Å². The molecule has 0 unspecified atom stereocenters. The van der Waals surface area contributed by atoms with Gasteiger partial charge in [-0.25, -0.2) is 0 Å². The molecule has 0 atom stereocenters. The number of rotatable bonds is 2. The highest BCUT2D eigenvalue weighted by molar-refractivity contribution is 7.78. The monoisotopic (exact) mass is 244 g/mol. The van der Waals surface area contributed by atoms with Crippen molar-refractivity contribution < 1.29 is 21.7 Å². The van der Waals surface area contributed by atoms with E-state index in [9.17, 15) is 21.7 Å². The number of hydrogen-bond acceptors (Lipinski definition) is 0. The van der Waals surface area contributed by atoms with Crippen LogP contribution in [0.4, 0.5) is 21.7 Å². The second-order valence-corrected chi connectivity index (χ2v) is 3.68. The second kappa shape index (κ2) is 6.71. The summed E-state index contributed by atoms with van der Waals surface area (Å²) in [5, 5.41) is 0. The van der Waals surface area contributed by atoms with Gasteiger partial charge in [0.05, 0.1) is 0 Å². The Labute approximate surface area is 89.0 Å². The summed E-state index contributed by atoms with van der Waals surface area (Å²) in [7, 11) is -6.00. The van der Waals surface area contributed by atoms with Gasteiger partial charge in [0.15, 0.2) is 4.90 Å². The Hall–Kier alpha value is -0.715. The first-order valence-electron chi connectivity index (χ1n) is 4.00. The number of aryl methyl sites for hydroxylation is 1. The summed E-state index contributed by atoms with van der Waals surface area (Å²) in [4.78, 5) is 1.05. The van der Waals surface area contributed by atoms with Gasteiger partial charge in [0.25, 0.3) is 0 Å². The van der Waals surface area contributed by atoms with Crippen LogP contribution in [0.15, 0.2) is 29.2 Å². The number of halogens is 5. The molecule has 0 amide bonds. The lowest BCUT2D eigenvalue weighted by molar-refractivity contribution is 0.368. The Balaban J connectivity index is 0.000000336. The molecule has 0 aliphatic heterocycles. The predicted molar refractivity (Wildman–Crippen MR) is 54.4 cm³/mol. The van der Waals surface area contributed by atoms with E-state index in [1.807, 2.05) is 31.2 Å². The summed E-state index contributed by atoms with van der Waals surface area (Å²) in [6.07, 6.45) is 0. The van der Waals surface area contributed by atoms with E-state index < -0.39 is 7.25 Å². The third kappa shape index (κ3) is 11.2. The lowest BCUT2D eigenvalue weighted by Gasteiger charge is -1.94. The largest absolute Gasteiger partial charge is 0.673 e. The third-order valence-corrected chi connectivity index (χ3v) is 2.06. The smallest absolute Gasteiger partial charge is 0.418 e. The summed E-state index contributed by atoms with van der Waals surface area (Å²) in [6.45, 7) is 2.02. The van der Waals surface area contributed by atoms with Gasteiger partial charge in [-0.15, -0.1) is 0 Å². The van der Waals surface area contributed by atoms with Crippen LogP contribution in [0.5, 0.6) is 0 Å². The number of hydrogen-bond donors (Lipinski definition) is 0. The first-order chi connectivity index (χ1) is 6.83. The minimum atomic E-state index is -6.00. The zero-order valence-electron chi connectivity index (χ0n) is 7.93. The van der Waals surface area contributed by atoms with E-state index in [0.717, 1.165) is 16.7 Å². The summed E-state index contributed by atoms with van der Waals surface area (Å²) in [6, 6.07) is 7.62. The maximum Gasteiger partial charge on any atom is 0.673 e. The van der Waals surface area contributed by atoms with Crippen LogP contribution in [0, 0.1) is 6.92 Å². The van der Waals surface area contributed by atoms with Crippen molar-refractivity contribution in [2.24, 2.45) is 0 Å².